The standard InChI is InChI=1S/C22H18Cl2N2O2S/c23-18-9-11-19(12-10-18)29-15-17-6-2-4-8-21(17)28-14-22(27)26-25-13-16-5-1-3-7-20(16)24/h1-13H,14-15H2,(H,26,27)/b25-13-. The number of nitrogens with one attached hydrogen (secondary N) is 1. The van der Waals surface area contributed by atoms with Gasteiger partial charge in [-0.2, -0.15) is 5.10 Å². The van der Waals surface area contributed by atoms with E-state index in [9.17, 15) is 4.79 Å². The van der Waals surface area contributed by atoms with Crippen LogP contribution in [0, 0.1) is 0 Å². The summed E-state index contributed by atoms with van der Waals surface area (Å²) < 4.78 is 5.69. The number of halogens is 2. The topological polar surface area (TPSA) is 50.7 Å². The summed E-state index contributed by atoms with van der Waals surface area (Å²) in [7, 11) is 0. The molecule has 3 aromatic rings. The van der Waals surface area contributed by atoms with Gasteiger partial charge >= 0.3 is 0 Å². The molecule has 0 spiro atoms. The van der Waals surface area contributed by atoms with Gasteiger partial charge in [-0.25, -0.2) is 5.43 Å². The third kappa shape index (κ3) is 6.82. The second-order valence-corrected chi connectivity index (χ2v) is 7.85. The zero-order valence-electron chi connectivity index (χ0n) is 15.3. The Hall–Kier alpha value is -2.47. The van der Waals surface area contributed by atoms with E-state index in [0.29, 0.717) is 21.5 Å². The molecule has 3 aromatic carbocycles. The molecule has 148 valence electrons. The molecule has 0 aliphatic carbocycles. The van der Waals surface area contributed by atoms with Crippen LogP contribution >= 0.6 is 35.0 Å². The van der Waals surface area contributed by atoms with Gasteiger partial charge in [0.2, 0.25) is 0 Å². The largest absolute Gasteiger partial charge is 0.483 e. The molecule has 0 aliphatic rings. The molecule has 3 rings (SSSR count). The maximum absolute atomic E-state index is 12.0. The summed E-state index contributed by atoms with van der Waals surface area (Å²) in [6.07, 6.45) is 1.50. The van der Waals surface area contributed by atoms with Crippen LogP contribution in [0.4, 0.5) is 0 Å². The summed E-state index contributed by atoms with van der Waals surface area (Å²) in [5.41, 5.74) is 4.16. The third-order valence-corrected chi connectivity index (χ3v) is 5.49. The minimum atomic E-state index is -0.353. The average Bonchev–Trinajstić information content (AvgIpc) is 2.74. The van der Waals surface area contributed by atoms with Crippen LogP contribution in [-0.4, -0.2) is 18.7 Å². The van der Waals surface area contributed by atoms with Crippen molar-refractivity contribution in [2.75, 3.05) is 6.61 Å². The maximum atomic E-state index is 12.0. The molecule has 0 fully saturated rings. The summed E-state index contributed by atoms with van der Waals surface area (Å²) in [5.74, 6) is 1.03. The molecule has 0 aromatic heterocycles. The highest BCUT2D eigenvalue weighted by molar-refractivity contribution is 7.98. The van der Waals surface area contributed by atoms with Crippen molar-refractivity contribution >= 4 is 47.1 Å². The van der Waals surface area contributed by atoms with Gasteiger partial charge < -0.3 is 4.74 Å². The van der Waals surface area contributed by atoms with Crippen molar-refractivity contribution in [3.05, 3.63) is 94.0 Å². The van der Waals surface area contributed by atoms with Crippen molar-refractivity contribution in [1.29, 1.82) is 0 Å². The van der Waals surface area contributed by atoms with Crippen molar-refractivity contribution in [1.82, 2.24) is 5.43 Å². The molecule has 0 unspecified atom stereocenters. The van der Waals surface area contributed by atoms with Crippen LogP contribution in [-0.2, 0) is 10.5 Å². The van der Waals surface area contributed by atoms with Gasteiger partial charge in [-0.05, 0) is 36.4 Å². The van der Waals surface area contributed by atoms with E-state index in [2.05, 4.69) is 10.5 Å². The lowest BCUT2D eigenvalue weighted by molar-refractivity contribution is -0.123. The normalized spacial score (nSPS) is 10.8. The Morgan fingerprint density at radius 3 is 2.52 bits per heavy atom. The van der Waals surface area contributed by atoms with Crippen LogP contribution < -0.4 is 10.2 Å². The number of ether oxygens (including phenoxy) is 1. The molecule has 0 heterocycles. The number of hydrogen-bond acceptors (Lipinski definition) is 4. The second kappa shape index (κ2) is 10.9. The van der Waals surface area contributed by atoms with Crippen molar-refractivity contribution in [2.24, 2.45) is 5.10 Å². The van der Waals surface area contributed by atoms with Crippen LogP contribution in [0.5, 0.6) is 5.75 Å². The first kappa shape index (κ1) is 21.2. The minimum Gasteiger partial charge on any atom is -0.483 e. The second-order valence-electron chi connectivity index (χ2n) is 5.95. The van der Waals surface area contributed by atoms with Crippen LogP contribution in [0.3, 0.4) is 0 Å². The number of carbonyl (C=O) groups is 1. The Labute approximate surface area is 183 Å². The quantitative estimate of drug-likeness (QED) is 0.270. The fraction of sp³-hybridized carbons (Fsp3) is 0.0909. The highest BCUT2D eigenvalue weighted by atomic mass is 35.5. The molecule has 29 heavy (non-hydrogen) atoms. The highest BCUT2D eigenvalue weighted by Crippen LogP contribution is 2.28. The van der Waals surface area contributed by atoms with Crippen LogP contribution in [0.1, 0.15) is 11.1 Å². The summed E-state index contributed by atoms with van der Waals surface area (Å²) in [6.45, 7) is -0.136. The van der Waals surface area contributed by atoms with Gasteiger partial charge in [0.25, 0.3) is 5.91 Å². The first-order valence-electron chi connectivity index (χ1n) is 8.77. The van der Waals surface area contributed by atoms with Gasteiger partial charge in [0.1, 0.15) is 5.75 Å². The van der Waals surface area contributed by atoms with E-state index in [1.807, 2.05) is 66.7 Å². The lowest BCUT2D eigenvalue weighted by Gasteiger charge is -2.10. The molecule has 0 radical (unpaired) electrons. The summed E-state index contributed by atoms with van der Waals surface area (Å²) in [4.78, 5) is 13.1. The molecule has 4 nitrogen and oxygen atoms in total. The van der Waals surface area contributed by atoms with Gasteiger partial charge in [0.15, 0.2) is 6.61 Å². The van der Waals surface area contributed by atoms with Gasteiger partial charge in [0, 0.05) is 31.8 Å². The smallest absolute Gasteiger partial charge is 0.277 e. The third-order valence-electron chi connectivity index (χ3n) is 3.84. The number of benzene rings is 3. The zero-order valence-corrected chi connectivity index (χ0v) is 17.7. The predicted molar refractivity (Wildman–Crippen MR) is 120 cm³/mol. The van der Waals surface area contributed by atoms with Gasteiger partial charge in [-0.3, -0.25) is 4.79 Å². The van der Waals surface area contributed by atoms with E-state index in [1.165, 1.54) is 6.21 Å². The maximum Gasteiger partial charge on any atom is 0.277 e. The van der Waals surface area contributed by atoms with E-state index in [4.69, 9.17) is 27.9 Å². The molecule has 1 amide bonds. The number of nitrogens with zero attached hydrogens (tertiary/aromatic N) is 1. The van der Waals surface area contributed by atoms with Gasteiger partial charge in [-0.1, -0.05) is 59.6 Å². The number of rotatable bonds is 8. The first-order chi connectivity index (χ1) is 14.1. The average molecular weight is 445 g/mol. The number of amides is 1. The van der Waals surface area contributed by atoms with Gasteiger partial charge in [-0.15, -0.1) is 11.8 Å². The Morgan fingerprint density at radius 1 is 1.00 bits per heavy atom. The highest BCUT2D eigenvalue weighted by Gasteiger charge is 2.07. The first-order valence-corrected chi connectivity index (χ1v) is 10.5. The predicted octanol–water partition coefficient (Wildman–Crippen LogP) is 5.81. The Kier molecular flexibility index (Phi) is 7.99. The molecule has 1 N–H and O–H groups in total. The summed E-state index contributed by atoms with van der Waals surface area (Å²) >= 11 is 13.6. The number of para-hydroxylation sites is 1. The van der Waals surface area contributed by atoms with E-state index in [0.717, 1.165) is 16.0 Å². The molecule has 0 saturated carbocycles. The number of carbonyl (C=O) groups excluding carboxylic acids is 1. The van der Waals surface area contributed by atoms with Crippen LogP contribution in [0.15, 0.2) is 82.8 Å². The molecule has 7 heteroatoms. The fourth-order valence-corrected chi connectivity index (χ4v) is 3.58. The van der Waals surface area contributed by atoms with Crippen molar-refractivity contribution in [3.63, 3.8) is 0 Å². The van der Waals surface area contributed by atoms with Crippen LogP contribution in [0.25, 0.3) is 0 Å². The Bertz CT molecular complexity index is 994. The SMILES string of the molecule is O=C(COc1ccccc1CSc1ccc(Cl)cc1)N/N=C\c1ccccc1Cl. The van der Waals surface area contributed by atoms with Crippen LogP contribution in [0.2, 0.25) is 10.0 Å². The summed E-state index contributed by atoms with van der Waals surface area (Å²) in [5, 5.41) is 5.19. The number of hydrazone groups is 1. The summed E-state index contributed by atoms with van der Waals surface area (Å²) in [6, 6.07) is 22.5. The molecule has 0 bridgehead atoms. The van der Waals surface area contributed by atoms with Crippen molar-refractivity contribution in [2.45, 2.75) is 10.6 Å². The van der Waals surface area contributed by atoms with Crippen molar-refractivity contribution < 1.29 is 9.53 Å². The monoisotopic (exact) mass is 444 g/mol. The molecular weight excluding hydrogens is 427 g/mol. The number of hydrogen-bond donors (Lipinski definition) is 1. The van der Waals surface area contributed by atoms with E-state index in [1.54, 1.807) is 17.8 Å². The molecule has 0 saturated heterocycles. The van der Waals surface area contributed by atoms with Gasteiger partial charge in [0.05, 0.1) is 6.21 Å². The molecule has 0 atom stereocenters. The van der Waals surface area contributed by atoms with E-state index >= 15 is 0 Å². The lowest BCUT2D eigenvalue weighted by atomic mass is 10.2. The van der Waals surface area contributed by atoms with E-state index in [-0.39, 0.29) is 12.5 Å². The molecular formula is C22H18Cl2N2O2S. The lowest BCUT2D eigenvalue weighted by Crippen LogP contribution is -2.24. The Morgan fingerprint density at radius 2 is 1.72 bits per heavy atom. The van der Waals surface area contributed by atoms with Crippen molar-refractivity contribution in [3.8, 4) is 5.75 Å². The zero-order chi connectivity index (χ0) is 20.5. The Balaban J connectivity index is 1.51. The number of thioether (sulfide) groups is 1. The van der Waals surface area contributed by atoms with E-state index < -0.39 is 0 Å². The minimum absolute atomic E-state index is 0.136. The fourth-order valence-electron chi connectivity index (χ4n) is 2.38. The molecule has 0 aliphatic heterocycles.